The number of nitrogens with zero attached hydrogens (tertiary/aromatic N) is 2. The zero-order chi connectivity index (χ0) is 10.8. The van der Waals surface area contributed by atoms with Gasteiger partial charge in [0.2, 0.25) is 0 Å². The second kappa shape index (κ2) is 3.61. The molecule has 2 aromatic heterocycles. The Morgan fingerprint density at radius 1 is 1.60 bits per heavy atom. The van der Waals surface area contributed by atoms with Crippen molar-refractivity contribution in [2.75, 3.05) is 12.3 Å². The fourth-order valence-corrected chi connectivity index (χ4v) is 1.42. The van der Waals surface area contributed by atoms with Gasteiger partial charge in [-0.25, -0.2) is 9.78 Å². The van der Waals surface area contributed by atoms with Crippen LogP contribution in [0.25, 0.3) is 5.65 Å². The van der Waals surface area contributed by atoms with Gasteiger partial charge in [0.05, 0.1) is 6.61 Å². The van der Waals surface area contributed by atoms with Crippen LogP contribution in [-0.2, 0) is 4.74 Å². The molecule has 2 heterocycles. The van der Waals surface area contributed by atoms with Gasteiger partial charge in [-0.05, 0) is 19.1 Å². The molecular weight excluding hydrogens is 194 g/mol. The minimum absolute atomic E-state index is 0.194. The lowest BCUT2D eigenvalue weighted by Gasteiger charge is -2.01. The lowest BCUT2D eigenvalue weighted by atomic mass is 10.4. The fraction of sp³-hybridized carbons (Fsp3) is 0.200. The third kappa shape index (κ3) is 1.52. The summed E-state index contributed by atoms with van der Waals surface area (Å²) in [5.41, 5.74) is 6.57. The lowest BCUT2D eigenvalue weighted by molar-refractivity contribution is 0.0519. The molecule has 0 fully saturated rings. The molecule has 0 saturated carbocycles. The standard InChI is InChI=1S/C10H11N3O2/c1-2-15-10(14)8-9(11)12-7-5-3-4-6-13(7)8/h3-6H,2,11H2,1H3. The van der Waals surface area contributed by atoms with Gasteiger partial charge in [-0.15, -0.1) is 0 Å². The van der Waals surface area contributed by atoms with E-state index in [1.807, 2.05) is 6.07 Å². The molecule has 2 rings (SSSR count). The van der Waals surface area contributed by atoms with Gasteiger partial charge in [0, 0.05) is 6.20 Å². The highest BCUT2D eigenvalue weighted by Crippen LogP contribution is 2.15. The van der Waals surface area contributed by atoms with Crippen molar-refractivity contribution in [2.45, 2.75) is 6.92 Å². The molecule has 0 aliphatic heterocycles. The van der Waals surface area contributed by atoms with E-state index < -0.39 is 5.97 Å². The van der Waals surface area contributed by atoms with Gasteiger partial charge in [0.25, 0.3) is 0 Å². The van der Waals surface area contributed by atoms with Crippen LogP contribution in [0, 0.1) is 0 Å². The number of ether oxygens (including phenoxy) is 1. The van der Waals surface area contributed by atoms with E-state index in [0.29, 0.717) is 12.3 Å². The van der Waals surface area contributed by atoms with E-state index in [2.05, 4.69) is 4.98 Å². The van der Waals surface area contributed by atoms with Gasteiger partial charge >= 0.3 is 5.97 Å². The highest BCUT2D eigenvalue weighted by atomic mass is 16.5. The summed E-state index contributed by atoms with van der Waals surface area (Å²) in [6.45, 7) is 2.07. The van der Waals surface area contributed by atoms with Gasteiger partial charge < -0.3 is 10.5 Å². The zero-order valence-corrected chi connectivity index (χ0v) is 8.30. The van der Waals surface area contributed by atoms with Crippen LogP contribution in [0.15, 0.2) is 24.4 Å². The first-order valence-electron chi connectivity index (χ1n) is 4.63. The number of hydrogen-bond acceptors (Lipinski definition) is 4. The topological polar surface area (TPSA) is 69.6 Å². The van der Waals surface area contributed by atoms with Crippen molar-refractivity contribution >= 4 is 17.4 Å². The molecule has 0 aromatic carbocycles. The minimum atomic E-state index is -0.450. The number of nitrogen functional groups attached to an aromatic ring is 1. The summed E-state index contributed by atoms with van der Waals surface area (Å²) in [4.78, 5) is 15.6. The zero-order valence-electron chi connectivity index (χ0n) is 8.30. The monoisotopic (exact) mass is 205 g/mol. The second-order valence-corrected chi connectivity index (χ2v) is 2.99. The molecule has 0 bridgehead atoms. The van der Waals surface area contributed by atoms with Crippen molar-refractivity contribution in [1.82, 2.24) is 9.38 Å². The molecule has 0 saturated heterocycles. The summed E-state index contributed by atoms with van der Waals surface area (Å²) >= 11 is 0. The van der Waals surface area contributed by atoms with Crippen molar-refractivity contribution in [3.05, 3.63) is 30.1 Å². The van der Waals surface area contributed by atoms with E-state index in [1.54, 1.807) is 29.7 Å². The third-order valence-electron chi connectivity index (χ3n) is 2.03. The number of carbonyl (C=O) groups excluding carboxylic acids is 1. The lowest BCUT2D eigenvalue weighted by Crippen LogP contribution is -2.10. The van der Waals surface area contributed by atoms with Crippen molar-refractivity contribution < 1.29 is 9.53 Å². The van der Waals surface area contributed by atoms with Gasteiger partial charge in [-0.3, -0.25) is 4.40 Å². The Morgan fingerprint density at radius 2 is 2.40 bits per heavy atom. The van der Waals surface area contributed by atoms with Crippen LogP contribution in [0.5, 0.6) is 0 Å². The Bertz CT molecular complexity index is 504. The normalized spacial score (nSPS) is 10.5. The first-order valence-corrected chi connectivity index (χ1v) is 4.63. The van der Waals surface area contributed by atoms with Crippen LogP contribution >= 0.6 is 0 Å². The third-order valence-corrected chi connectivity index (χ3v) is 2.03. The number of rotatable bonds is 2. The molecule has 78 valence electrons. The Morgan fingerprint density at radius 3 is 3.13 bits per heavy atom. The van der Waals surface area contributed by atoms with Crippen molar-refractivity contribution in [3.8, 4) is 0 Å². The van der Waals surface area contributed by atoms with Crippen molar-refractivity contribution in [2.24, 2.45) is 0 Å². The summed E-state index contributed by atoms with van der Waals surface area (Å²) in [7, 11) is 0. The molecule has 0 unspecified atom stereocenters. The maximum atomic E-state index is 11.6. The van der Waals surface area contributed by atoms with E-state index in [0.717, 1.165) is 0 Å². The highest BCUT2D eigenvalue weighted by Gasteiger charge is 2.17. The molecule has 0 atom stereocenters. The molecule has 2 N–H and O–H groups in total. The second-order valence-electron chi connectivity index (χ2n) is 2.99. The SMILES string of the molecule is CCOC(=O)c1c(N)nc2ccccn12. The van der Waals surface area contributed by atoms with Gasteiger partial charge in [-0.1, -0.05) is 6.07 Å². The molecule has 2 aromatic rings. The molecule has 0 aliphatic carbocycles. The molecular formula is C10H11N3O2. The van der Waals surface area contributed by atoms with Crippen LogP contribution in [0.3, 0.4) is 0 Å². The summed E-state index contributed by atoms with van der Waals surface area (Å²) in [6, 6.07) is 5.41. The molecule has 5 nitrogen and oxygen atoms in total. The Kier molecular flexibility index (Phi) is 2.29. The number of anilines is 1. The molecule has 15 heavy (non-hydrogen) atoms. The van der Waals surface area contributed by atoms with E-state index >= 15 is 0 Å². The number of imidazole rings is 1. The predicted molar refractivity (Wildman–Crippen MR) is 55.6 cm³/mol. The maximum Gasteiger partial charge on any atom is 0.359 e. The van der Waals surface area contributed by atoms with E-state index in [4.69, 9.17) is 10.5 Å². The smallest absolute Gasteiger partial charge is 0.359 e. The van der Waals surface area contributed by atoms with E-state index in [9.17, 15) is 4.79 Å². The Labute approximate surface area is 86.5 Å². The van der Waals surface area contributed by atoms with E-state index in [-0.39, 0.29) is 11.5 Å². The fourth-order valence-electron chi connectivity index (χ4n) is 1.42. The summed E-state index contributed by atoms with van der Waals surface area (Å²) < 4.78 is 6.51. The van der Waals surface area contributed by atoms with Crippen LogP contribution in [0.2, 0.25) is 0 Å². The minimum Gasteiger partial charge on any atom is -0.461 e. The van der Waals surface area contributed by atoms with Gasteiger partial charge in [-0.2, -0.15) is 0 Å². The Balaban J connectivity index is 2.58. The van der Waals surface area contributed by atoms with Crippen LogP contribution in [0.1, 0.15) is 17.4 Å². The quantitative estimate of drug-likeness (QED) is 0.745. The highest BCUT2D eigenvalue weighted by molar-refractivity contribution is 5.93. The summed E-state index contributed by atoms with van der Waals surface area (Å²) in [5, 5.41) is 0. The predicted octanol–water partition coefficient (Wildman–Crippen LogP) is 1.09. The van der Waals surface area contributed by atoms with Crippen molar-refractivity contribution in [1.29, 1.82) is 0 Å². The average molecular weight is 205 g/mol. The largest absolute Gasteiger partial charge is 0.461 e. The molecule has 0 aliphatic rings. The number of pyridine rings is 1. The number of hydrogen-bond donors (Lipinski definition) is 1. The van der Waals surface area contributed by atoms with Crippen LogP contribution in [-0.4, -0.2) is 22.0 Å². The maximum absolute atomic E-state index is 11.6. The Hall–Kier alpha value is -2.04. The first-order chi connectivity index (χ1) is 7.24. The average Bonchev–Trinajstić information content (AvgIpc) is 2.54. The van der Waals surface area contributed by atoms with Crippen molar-refractivity contribution in [3.63, 3.8) is 0 Å². The van der Waals surface area contributed by atoms with Crippen LogP contribution < -0.4 is 5.73 Å². The number of esters is 1. The molecule has 5 heteroatoms. The van der Waals surface area contributed by atoms with E-state index in [1.165, 1.54) is 0 Å². The van der Waals surface area contributed by atoms with Gasteiger partial charge in [0.15, 0.2) is 11.5 Å². The molecule has 0 spiro atoms. The number of carbonyl (C=O) groups is 1. The number of aromatic nitrogens is 2. The first kappa shape index (κ1) is 9.51. The number of fused-ring (bicyclic) bond motifs is 1. The molecule has 0 amide bonds. The number of nitrogens with two attached hydrogens (primary N) is 1. The van der Waals surface area contributed by atoms with Gasteiger partial charge in [0.1, 0.15) is 5.65 Å². The van der Waals surface area contributed by atoms with Crippen LogP contribution in [0.4, 0.5) is 5.82 Å². The molecule has 0 radical (unpaired) electrons. The summed E-state index contributed by atoms with van der Waals surface area (Å²) in [6.07, 6.45) is 1.73. The summed E-state index contributed by atoms with van der Waals surface area (Å²) in [5.74, 6) is -0.256.